The topological polar surface area (TPSA) is 83.4 Å². The Morgan fingerprint density at radius 1 is 1.22 bits per heavy atom. The van der Waals surface area contributed by atoms with Crippen LogP contribution < -0.4 is 5.56 Å². The highest BCUT2D eigenvalue weighted by Crippen LogP contribution is 2.26. The van der Waals surface area contributed by atoms with Gasteiger partial charge < -0.3 is 14.8 Å². The summed E-state index contributed by atoms with van der Waals surface area (Å²) in [7, 11) is 2.17. The monoisotopic (exact) mass is 371 g/mol. The Kier molecular flexibility index (Phi) is 5.98. The number of amides is 1. The summed E-state index contributed by atoms with van der Waals surface area (Å²) in [6, 6.07) is 3.82. The fourth-order valence-corrected chi connectivity index (χ4v) is 4.21. The zero-order valence-corrected chi connectivity index (χ0v) is 16.5. The molecule has 7 heteroatoms. The summed E-state index contributed by atoms with van der Waals surface area (Å²) in [6.45, 7) is 9.94. The van der Waals surface area contributed by atoms with E-state index in [-0.39, 0.29) is 11.5 Å². The Balaban J connectivity index is 1.61. The van der Waals surface area contributed by atoms with Crippen molar-refractivity contribution in [3.05, 3.63) is 33.2 Å². The van der Waals surface area contributed by atoms with E-state index in [1.807, 2.05) is 11.0 Å². The van der Waals surface area contributed by atoms with Crippen LogP contribution in [-0.2, 0) is 0 Å². The van der Waals surface area contributed by atoms with E-state index >= 15 is 0 Å². The predicted octanol–water partition coefficient (Wildman–Crippen LogP) is 1.04. The Hall–Kier alpha value is -2.17. The smallest absolute Gasteiger partial charge is 0.266 e. The first-order chi connectivity index (χ1) is 12.9. The molecule has 7 nitrogen and oxygen atoms in total. The van der Waals surface area contributed by atoms with E-state index in [9.17, 15) is 9.59 Å². The molecule has 1 aromatic heterocycles. The number of carbonyl (C=O) groups excluding carboxylic acids is 1. The number of pyridine rings is 1. The number of carbonyl (C=O) groups is 1. The average molecular weight is 371 g/mol. The van der Waals surface area contributed by atoms with Crippen molar-refractivity contribution in [3.63, 3.8) is 0 Å². The number of hydrogen-bond donors (Lipinski definition) is 1. The number of H-pyrrole nitrogens is 1. The lowest BCUT2D eigenvalue weighted by molar-refractivity contribution is 0.0499. The van der Waals surface area contributed by atoms with Crippen molar-refractivity contribution in [2.75, 3.05) is 46.3 Å². The van der Waals surface area contributed by atoms with Crippen LogP contribution in [0.5, 0.6) is 0 Å². The van der Waals surface area contributed by atoms with Crippen molar-refractivity contribution in [1.82, 2.24) is 19.7 Å². The highest BCUT2D eigenvalue weighted by molar-refractivity contribution is 5.95. The van der Waals surface area contributed by atoms with Gasteiger partial charge in [0.25, 0.3) is 11.5 Å². The lowest BCUT2D eigenvalue weighted by atomic mass is 9.88. The maximum absolute atomic E-state index is 12.9. The average Bonchev–Trinajstić information content (AvgIpc) is 2.68. The van der Waals surface area contributed by atoms with Gasteiger partial charge >= 0.3 is 0 Å². The number of aromatic amines is 1. The summed E-state index contributed by atoms with van der Waals surface area (Å²) in [5.74, 6) is 0.509. The van der Waals surface area contributed by atoms with Gasteiger partial charge in [-0.2, -0.15) is 5.26 Å². The van der Waals surface area contributed by atoms with Gasteiger partial charge in [0.2, 0.25) is 0 Å². The maximum atomic E-state index is 12.9. The van der Waals surface area contributed by atoms with Gasteiger partial charge in [0.1, 0.15) is 11.6 Å². The lowest BCUT2D eigenvalue weighted by Gasteiger charge is -2.42. The summed E-state index contributed by atoms with van der Waals surface area (Å²) in [4.78, 5) is 34.0. The molecule has 2 aliphatic heterocycles. The van der Waals surface area contributed by atoms with E-state index in [2.05, 4.69) is 28.8 Å². The van der Waals surface area contributed by atoms with E-state index < -0.39 is 5.56 Å². The zero-order chi connectivity index (χ0) is 19.6. The zero-order valence-electron chi connectivity index (χ0n) is 16.5. The molecule has 0 aliphatic carbocycles. The number of hydrogen-bond acceptors (Lipinski definition) is 5. The molecule has 1 amide bonds. The highest BCUT2D eigenvalue weighted by atomic mass is 16.2. The number of aryl methyl sites for hydroxylation is 1. The minimum Gasteiger partial charge on any atom is -0.339 e. The van der Waals surface area contributed by atoms with E-state index in [0.717, 1.165) is 52.1 Å². The van der Waals surface area contributed by atoms with Gasteiger partial charge in [-0.1, -0.05) is 0 Å². The van der Waals surface area contributed by atoms with Gasteiger partial charge in [-0.25, -0.2) is 0 Å². The van der Waals surface area contributed by atoms with Crippen LogP contribution in [0.25, 0.3) is 0 Å². The van der Waals surface area contributed by atoms with Gasteiger partial charge in [-0.3, -0.25) is 14.5 Å². The number of nitriles is 1. The normalized spacial score (nSPS) is 21.0. The molecule has 3 heterocycles. The van der Waals surface area contributed by atoms with E-state index in [1.54, 1.807) is 6.92 Å². The number of rotatable bonds is 3. The van der Waals surface area contributed by atoms with Crippen molar-refractivity contribution < 1.29 is 4.79 Å². The molecule has 0 saturated carbocycles. The first-order valence-electron chi connectivity index (χ1n) is 9.76. The fourth-order valence-electron chi connectivity index (χ4n) is 4.21. The fraction of sp³-hybridized carbons (Fsp3) is 0.650. The SMILES string of the molecule is Cc1[nH]c(=O)c(C#N)cc1C(=O)N1CCC([C@@H](C)N2CCN(C)CC2)CC1. The van der Waals surface area contributed by atoms with Crippen LogP contribution in [-0.4, -0.2) is 77.9 Å². The van der Waals surface area contributed by atoms with Crippen molar-refractivity contribution >= 4 is 5.91 Å². The second-order valence-corrected chi connectivity index (χ2v) is 7.87. The number of nitrogens with one attached hydrogen (secondary N) is 1. The van der Waals surface area contributed by atoms with Crippen LogP contribution in [0, 0.1) is 24.2 Å². The van der Waals surface area contributed by atoms with Crippen LogP contribution in [0.1, 0.15) is 41.4 Å². The molecule has 0 spiro atoms. The standard InChI is InChI=1S/C20H29N5O2/c1-14-18(12-17(13-21)19(26)22-14)20(27)25-6-4-16(5-7-25)15(2)24-10-8-23(3)9-11-24/h12,15-16H,4-11H2,1-3H3,(H,22,26)/t15-/m1/s1. The first kappa shape index (κ1) is 19.6. The quantitative estimate of drug-likeness (QED) is 0.858. The summed E-state index contributed by atoms with van der Waals surface area (Å²) in [6.07, 6.45) is 1.99. The van der Waals surface area contributed by atoms with Gasteiger partial charge in [0.05, 0.1) is 5.56 Å². The molecule has 0 bridgehead atoms. The summed E-state index contributed by atoms with van der Waals surface area (Å²) in [5.41, 5.74) is 0.502. The van der Waals surface area contributed by atoms with Crippen molar-refractivity contribution in [2.24, 2.45) is 5.92 Å². The lowest BCUT2D eigenvalue weighted by Crippen LogP contribution is -2.52. The third-order valence-electron chi connectivity index (χ3n) is 6.21. The Morgan fingerprint density at radius 3 is 2.44 bits per heavy atom. The van der Waals surface area contributed by atoms with Gasteiger partial charge in [0, 0.05) is 51.0 Å². The number of likely N-dealkylation sites (tertiary alicyclic amines) is 1. The molecule has 2 fully saturated rings. The molecule has 1 N–H and O–H groups in total. The number of piperazine rings is 1. The molecule has 1 atom stereocenters. The largest absolute Gasteiger partial charge is 0.339 e. The Bertz CT molecular complexity index is 781. The number of nitrogens with zero attached hydrogens (tertiary/aromatic N) is 4. The molecular formula is C20H29N5O2. The molecule has 0 aromatic carbocycles. The number of piperidine rings is 1. The first-order valence-corrected chi connectivity index (χ1v) is 9.76. The van der Waals surface area contributed by atoms with E-state index in [0.29, 0.717) is 23.2 Å². The summed E-state index contributed by atoms with van der Waals surface area (Å²) in [5, 5.41) is 9.06. The van der Waals surface area contributed by atoms with Crippen LogP contribution >= 0.6 is 0 Å². The van der Waals surface area contributed by atoms with Crippen LogP contribution in [0.3, 0.4) is 0 Å². The van der Waals surface area contributed by atoms with Crippen LogP contribution in [0.15, 0.2) is 10.9 Å². The van der Waals surface area contributed by atoms with Gasteiger partial charge in [0.15, 0.2) is 0 Å². The summed E-state index contributed by atoms with van der Waals surface area (Å²) < 4.78 is 0. The third kappa shape index (κ3) is 4.23. The second-order valence-electron chi connectivity index (χ2n) is 7.87. The predicted molar refractivity (Wildman–Crippen MR) is 104 cm³/mol. The molecule has 3 rings (SSSR count). The molecule has 2 aliphatic rings. The molecule has 0 unspecified atom stereocenters. The minimum absolute atomic E-state index is 0.0116. The maximum Gasteiger partial charge on any atom is 0.266 e. The Labute approximate surface area is 160 Å². The van der Waals surface area contributed by atoms with Crippen LogP contribution in [0.4, 0.5) is 0 Å². The minimum atomic E-state index is -0.439. The molecule has 1 aromatic rings. The van der Waals surface area contributed by atoms with Crippen molar-refractivity contribution in [2.45, 2.75) is 32.7 Å². The van der Waals surface area contributed by atoms with Crippen LogP contribution in [0.2, 0.25) is 0 Å². The molecular weight excluding hydrogens is 342 g/mol. The molecule has 27 heavy (non-hydrogen) atoms. The third-order valence-corrected chi connectivity index (χ3v) is 6.21. The second kappa shape index (κ2) is 8.24. The highest BCUT2D eigenvalue weighted by Gasteiger charge is 2.31. The van der Waals surface area contributed by atoms with Gasteiger partial charge in [-0.05, 0) is 45.7 Å². The molecule has 2 saturated heterocycles. The van der Waals surface area contributed by atoms with E-state index in [4.69, 9.17) is 5.26 Å². The number of aromatic nitrogens is 1. The number of likely N-dealkylation sites (N-methyl/N-ethyl adjacent to an activating group) is 1. The van der Waals surface area contributed by atoms with Crippen molar-refractivity contribution in [3.8, 4) is 6.07 Å². The molecule has 146 valence electrons. The Morgan fingerprint density at radius 2 is 1.85 bits per heavy atom. The summed E-state index contributed by atoms with van der Waals surface area (Å²) >= 11 is 0. The van der Waals surface area contributed by atoms with Crippen molar-refractivity contribution in [1.29, 1.82) is 5.26 Å². The molecule has 0 radical (unpaired) electrons. The van der Waals surface area contributed by atoms with Gasteiger partial charge in [-0.15, -0.1) is 0 Å². The van der Waals surface area contributed by atoms with E-state index in [1.165, 1.54) is 6.07 Å².